The van der Waals surface area contributed by atoms with E-state index in [-0.39, 0.29) is 13.2 Å². The molecule has 2 aromatic carbocycles. The second-order valence-electron chi connectivity index (χ2n) is 4.80. The van der Waals surface area contributed by atoms with Gasteiger partial charge in [-0.25, -0.2) is 9.59 Å². The van der Waals surface area contributed by atoms with E-state index in [1.165, 1.54) is 0 Å². The topological polar surface area (TPSA) is 61.8 Å². The van der Waals surface area contributed by atoms with Crippen LogP contribution in [-0.2, 0) is 32.1 Å². The standard InChI is InChI=1S/C18H18O5/c1-21-16-9-7-14(8-10-16)11-12-22-17(19)18(20)23-13-15-5-3-2-4-6-15/h2-10H,11-13H2,1H3. The van der Waals surface area contributed by atoms with Crippen LogP contribution in [0.15, 0.2) is 54.6 Å². The van der Waals surface area contributed by atoms with Gasteiger partial charge >= 0.3 is 11.9 Å². The lowest BCUT2D eigenvalue weighted by Gasteiger charge is -2.06. The summed E-state index contributed by atoms with van der Waals surface area (Å²) in [6, 6.07) is 16.5. The summed E-state index contributed by atoms with van der Waals surface area (Å²) in [6.45, 7) is 0.166. The van der Waals surface area contributed by atoms with Crippen molar-refractivity contribution in [2.45, 2.75) is 13.0 Å². The molecule has 0 bridgehead atoms. The maximum atomic E-state index is 11.5. The van der Waals surface area contributed by atoms with Crippen molar-refractivity contribution in [1.29, 1.82) is 0 Å². The summed E-state index contributed by atoms with van der Waals surface area (Å²) in [6.07, 6.45) is 0.516. The molecule has 0 heterocycles. The predicted octanol–water partition coefficient (Wildman–Crippen LogP) is 2.52. The number of methoxy groups -OCH3 is 1. The first-order chi connectivity index (χ1) is 11.2. The molecule has 0 fully saturated rings. The summed E-state index contributed by atoms with van der Waals surface area (Å²) < 4.78 is 14.9. The third-order valence-electron chi connectivity index (χ3n) is 3.16. The predicted molar refractivity (Wildman–Crippen MR) is 83.9 cm³/mol. The number of hydrogen-bond donors (Lipinski definition) is 0. The van der Waals surface area contributed by atoms with Crippen LogP contribution in [0, 0.1) is 0 Å². The van der Waals surface area contributed by atoms with Crippen LogP contribution in [0.25, 0.3) is 0 Å². The molecule has 2 aromatic rings. The van der Waals surface area contributed by atoms with E-state index < -0.39 is 11.9 Å². The van der Waals surface area contributed by atoms with Crippen molar-refractivity contribution < 1.29 is 23.8 Å². The summed E-state index contributed by atoms with van der Waals surface area (Å²) in [5.74, 6) is -1.20. The minimum absolute atomic E-state index is 0.0489. The number of ether oxygens (including phenoxy) is 3. The van der Waals surface area contributed by atoms with Crippen molar-refractivity contribution >= 4 is 11.9 Å². The molecule has 2 rings (SSSR count). The summed E-state index contributed by atoms with van der Waals surface area (Å²) >= 11 is 0. The number of carbonyl (C=O) groups excluding carboxylic acids is 2. The van der Waals surface area contributed by atoms with E-state index in [2.05, 4.69) is 0 Å². The number of rotatable bonds is 6. The molecule has 0 spiro atoms. The zero-order valence-electron chi connectivity index (χ0n) is 12.9. The fraction of sp³-hybridized carbons (Fsp3) is 0.222. The molecule has 0 saturated heterocycles. The number of hydrogen-bond acceptors (Lipinski definition) is 5. The van der Waals surface area contributed by atoms with E-state index >= 15 is 0 Å². The van der Waals surface area contributed by atoms with E-state index in [9.17, 15) is 9.59 Å². The van der Waals surface area contributed by atoms with Crippen LogP contribution in [0.5, 0.6) is 5.75 Å². The second kappa shape index (κ2) is 8.58. The highest BCUT2D eigenvalue weighted by atomic mass is 16.6. The van der Waals surface area contributed by atoms with Crippen LogP contribution < -0.4 is 4.74 Å². The fourth-order valence-corrected chi connectivity index (χ4v) is 1.89. The Morgan fingerprint density at radius 3 is 2.13 bits per heavy atom. The Hall–Kier alpha value is -2.82. The van der Waals surface area contributed by atoms with Crippen molar-refractivity contribution in [2.24, 2.45) is 0 Å². The molecule has 0 N–H and O–H groups in total. The minimum atomic E-state index is -0.983. The monoisotopic (exact) mass is 314 g/mol. The number of benzene rings is 2. The third kappa shape index (κ3) is 5.47. The summed E-state index contributed by atoms with van der Waals surface area (Å²) in [5.41, 5.74) is 1.79. The zero-order chi connectivity index (χ0) is 16.5. The van der Waals surface area contributed by atoms with Crippen LogP contribution in [0.2, 0.25) is 0 Å². The smallest absolute Gasteiger partial charge is 0.417 e. The van der Waals surface area contributed by atoms with E-state index in [4.69, 9.17) is 14.2 Å². The third-order valence-corrected chi connectivity index (χ3v) is 3.16. The molecule has 0 aliphatic carbocycles. The lowest BCUT2D eigenvalue weighted by molar-refractivity contribution is -0.168. The molecule has 5 heteroatoms. The van der Waals surface area contributed by atoms with Gasteiger partial charge in [-0.15, -0.1) is 0 Å². The zero-order valence-corrected chi connectivity index (χ0v) is 12.9. The molecule has 5 nitrogen and oxygen atoms in total. The second-order valence-corrected chi connectivity index (χ2v) is 4.80. The Labute approximate surface area is 134 Å². The Kier molecular flexibility index (Phi) is 6.17. The Morgan fingerprint density at radius 2 is 1.48 bits per heavy atom. The highest BCUT2D eigenvalue weighted by Crippen LogP contribution is 2.11. The maximum Gasteiger partial charge on any atom is 0.417 e. The van der Waals surface area contributed by atoms with Crippen LogP contribution >= 0.6 is 0 Å². The maximum absolute atomic E-state index is 11.5. The van der Waals surface area contributed by atoms with Gasteiger partial charge in [-0.1, -0.05) is 42.5 Å². The summed E-state index contributed by atoms with van der Waals surface area (Å²) in [4.78, 5) is 23.1. The van der Waals surface area contributed by atoms with Crippen molar-refractivity contribution in [3.05, 3.63) is 65.7 Å². The summed E-state index contributed by atoms with van der Waals surface area (Å²) in [7, 11) is 1.60. The normalized spacial score (nSPS) is 9.96. The first kappa shape index (κ1) is 16.5. The van der Waals surface area contributed by atoms with E-state index in [0.717, 1.165) is 16.9 Å². The lowest BCUT2D eigenvalue weighted by Crippen LogP contribution is -2.21. The van der Waals surface area contributed by atoms with Gasteiger partial charge in [-0.3, -0.25) is 0 Å². The Balaban J connectivity index is 1.70. The van der Waals surface area contributed by atoms with Gasteiger partial charge in [0.05, 0.1) is 13.7 Å². The molecule has 0 aromatic heterocycles. The largest absolute Gasteiger partial charge is 0.497 e. The highest BCUT2D eigenvalue weighted by Gasteiger charge is 2.17. The molecule has 23 heavy (non-hydrogen) atoms. The SMILES string of the molecule is COc1ccc(CCOC(=O)C(=O)OCc2ccccc2)cc1. The molecule has 0 saturated carbocycles. The Morgan fingerprint density at radius 1 is 0.826 bits per heavy atom. The average Bonchev–Trinajstić information content (AvgIpc) is 2.61. The highest BCUT2D eigenvalue weighted by molar-refractivity contribution is 6.29. The van der Waals surface area contributed by atoms with Gasteiger partial charge in [0.1, 0.15) is 12.4 Å². The van der Waals surface area contributed by atoms with Gasteiger partial charge in [0.2, 0.25) is 0 Å². The van der Waals surface area contributed by atoms with Gasteiger partial charge < -0.3 is 14.2 Å². The van der Waals surface area contributed by atoms with Crippen molar-refractivity contribution in [1.82, 2.24) is 0 Å². The summed E-state index contributed by atoms with van der Waals surface area (Å²) in [5, 5.41) is 0. The molecule has 0 unspecified atom stereocenters. The van der Waals surface area contributed by atoms with Gasteiger partial charge in [0.25, 0.3) is 0 Å². The molecular formula is C18H18O5. The van der Waals surface area contributed by atoms with E-state index in [0.29, 0.717) is 6.42 Å². The van der Waals surface area contributed by atoms with Gasteiger partial charge in [0.15, 0.2) is 0 Å². The quantitative estimate of drug-likeness (QED) is 0.605. The molecule has 120 valence electrons. The molecule has 0 amide bonds. The van der Waals surface area contributed by atoms with Crippen LogP contribution in [0.3, 0.4) is 0 Å². The Bertz CT molecular complexity index is 634. The lowest BCUT2D eigenvalue weighted by atomic mass is 10.1. The van der Waals surface area contributed by atoms with Crippen LogP contribution in [-0.4, -0.2) is 25.7 Å². The van der Waals surface area contributed by atoms with E-state index in [1.54, 1.807) is 7.11 Å². The molecular weight excluding hydrogens is 296 g/mol. The van der Waals surface area contributed by atoms with Crippen molar-refractivity contribution in [3.63, 3.8) is 0 Å². The van der Waals surface area contributed by atoms with Gasteiger partial charge in [-0.05, 0) is 23.3 Å². The van der Waals surface area contributed by atoms with Crippen molar-refractivity contribution in [3.8, 4) is 5.75 Å². The van der Waals surface area contributed by atoms with Gasteiger partial charge in [0, 0.05) is 6.42 Å². The number of carbonyl (C=O) groups is 2. The average molecular weight is 314 g/mol. The molecule has 0 radical (unpaired) electrons. The molecule has 0 aliphatic heterocycles. The van der Waals surface area contributed by atoms with Crippen molar-refractivity contribution in [2.75, 3.05) is 13.7 Å². The first-order valence-corrected chi connectivity index (χ1v) is 7.20. The number of esters is 2. The van der Waals surface area contributed by atoms with Crippen LogP contribution in [0.1, 0.15) is 11.1 Å². The minimum Gasteiger partial charge on any atom is -0.497 e. The first-order valence-electron chi connectivity index (χ1n) is 7.20. The molecule has 0 aliphatic rings. The van der Waals surface area contributed by atoms with E-state index in [1.807, 2.05) is 54.6 Å². The molecule has 0 atom stereocenters. The fourth-order valence-electron chi connectivity index (χ4n) is 1.89. The van der Waals surface area contributed by atoms with Crippen LogP contribution in [0.4, 0.5) is 0 Å². The van der Waals surface area contributed by atoms with Gasteiger partial charge in [-0.2, -0.15) is 0 Å².